The molecule has 2 aromatic rings. The van der Waals surface area contributed by atoms with Crippen molar-refractivity contribution in [3.05, 3.63) is 53.1 Å². The highest BCUT2D eigenvalue weighted by molar-refractivity contribution is 6.30. The van der Waals surface area contributed by atoms with Crippen molar-refractivity contribution in [2.75, 3.05) is 18.2 Å². The number of nitrogens with zero attached hydrogens (tertiary/aromatic N) is 1. The smallest absolute Gasteiger partial charge is 0.251 e. The first-order chi connectivity index (χ1) is 12.1. The molecule has 2 aromatic carbocycles. The van der Waals surface area contributed by atoms with E-state index in [2.05, 4.69) is 5.32 Å². The lowest BCUT2D eigenvalue weighted by atomic mass is 10.1. The molecule has 25 heavy (non-hydrogen) atoms. The molecule has 0 saturated carbocycles. The number of carbonyl (C=O) groups is 2. The first-order valence-corrected chi connectivity index (χ1v) is 8.24. The topological polar surface area (TPSA) is 67.9 Å². The molecule has 2 amide bonds. The van der Waals surface area contributed by atoms with Gasteiger partial charge in [-0.1, -0.05) is 11.6 Å². The van der Waals surface area contributed by atoms with Crippen LogP contribution in [0.25, 0.3) is 0 Å². The van der Waals surface area contributed by atoms with E-state index in [0.717, 1.165) is 5.69 Å². The molecule has 4 rings (SSSR count). The summed E-state index contributed by atoms with van der Waals surface area (Å²) >= 11 is 5.88. The van der Waals surface area contributed by atoms with Crippen LogP contribution in [0.3, 0.4) is 0 Å². The predicted molar refractivity (Wildman–Crippen MR) is 92.2 cm³/mol. The van der Waals surface area contributed by atoms with Crippen molar-refractivity contribution >= 4 is 29.1 Å². The highest BCUT2D eigenvalue weighted by atomic mass is 35.5. The first kappa shape index (κ1) is 15.8. The van der Waals surface area contributed by atoms with Crippen LogP contribution >= 0.6 is 11.6 Å². The van der Waals surface area contributed by atoms with Gasteiger partial charge in [0.15, 0.2) is 11.5 Å². The molecule has 0 radical (unpaired) electrons. The quantitative estimate of drug-likeness (QED) is 0.915. The van der Waals surface area contributed by atoms with E-state index in [4.69, 9.17) is 21.1 Å². The van der Waals surface area contributed by atoms with Gasteiger partial charge in [-0.3, -0.25) is 9.59 Å². The number of anilines is 1. The maximum atomic E-state index is 12.4. The summed E-state index contributed by atoms with van der Waals surface area (Å²) in [5.74, 6) is 0.909. The van der Waals surface area contributed by atoms with Gasteiger partial charge in [-0.25, -0.2) is 0 Å². The maximum absolute atomic E-state index is 12.4. The van der Waals surface area contributed by atoms with Gasteiger partial charge in [0.25, 0.3) is 5.91 Å². The molecule has 0 aliphatic carbocycles. The van der Waals surface area contributed by atoms with Crippen molar-refractivity contribution in [3.63, 3.8) is 0 Å². The van der Waals surface area contributed by atoms with E-state index in [-0.39, 0.29) is 31.1 Å². The Morgan fingerprint density at radius 1 is 1.12 bits per heavy atom. The van der Waals surface area contributed by atoms with Crippen LogP contribution < -0.4 is 19.7 Å². The van der Waals surface area contributed by atoms with Gasteiger partial charge in [0.05, 0.1) is 6.04 Å². The Balaban J connectivity index is 1.44. The molecule has 0 unspecified atom stereocenters. The molecule has 0 bridgehead atoms. The van der Waals surface area contributed by atoms with Gasteiger partial charge >= 0.3 is 0 Å². The number of hydrogen-bond acceptors (Lipinski definition) is 4. The number of carbonyl (C=O) groups excluding carboxylic acids is 2. The molecule has 2 aliphatic rings. The predicted octanol–water partition coefficient (Wildman–Crippen LogP) is 2.60. The van der Waals surface area contributed by atoms with Gasteiger partial charge in [0.1, 0.15) is 0 Å². The van der Waals surface area contributed by atoms with E-state index in [1.807, 2.05) is 0 Å². The number of rotatable bonds is 3. The van der Waals surface area contributed by atoms with Crippen LogP contribution in [0.5, 0.6) is 11.5 Å². The molecular formula is C18H15ClN2O4. The van der Waals surface area contributed by atoms with E-state index in [9.17, 15) is 9.59 Å². The van der Waals surface area contributed by atoms with Crippen LogP contribution in [0.1, 0.15) is 16.8 Å². The van der Waals surface area contributed by atoms with Crippen molar-refractivity contribution in [1.29, 1.82) is 0 Å². The van der Waals surface area contributed by atoms with Gasteiger partial charge in [0.2, 0.25) is 12.7 Å². The minimum atomic E-state index is -0.249. The zero-order chi connectivity index (χ0) is 17.4. The van der Waals surface area contributed by atoms with E-state index < -0.39 is 0 Å². The summed E-state index contributed by atoms with van der Waals surface area (Å²) in [6, 6.07) is 11.8. The molecule has 128 valence electrons. The summed E-state index contributed by atoms with van der Waals surface area (Å²) in [7, 11) is 0. The Morgan fingerprint density at radius 3 is 2.68 bits per heavy atom. The Bertz CT molecular complexity index is 837. The zero-order valence-electron chi connectivity index (χ0n) is 13.2. The molecule has 0 spiro atoms. The van der Waals surface area contributed by atoms with Crippen LogP contribution in [0.15, 0.2) is 42.5 Å². The van der Waals surface area contributed by atoms with Crippen LogP contribution in [0, 0.1) is 0 Å². The fourth-order valence-electron chi connectivity index (χ4n) is 2.98. The minimum Gasteiger partial charge on any atom is -0.454 e. The molecule has 2 heterocycles. The van der Waals surface area contributed by atoms with Gasteiger partial charge in [0, 0.05) is 29.2 Å². The summed E-state index contributed by atoms with van der Waals surface area (Å²) in [6.07, 6.45) is 0.263. The summed E-state index contributed by atoms with van der Waals surface area (Å²) in [5, 5.41) is 3.52. The summed E-state index contributed by atoms with van der Waals surface area (Å²) in [5.41, 5.74) is 1.25. The number of hydrogen-bond donors (Lipinski definition) is 1. The molecule has 6 nitrogen and oxygen atoms in total. The fourth-order valence-corrected chi connectivity index (χ4v) is 3.11. The largest absolute Gasteiger partial charge is 0.454 e. The SMILES string of the molecule is O=C(N[C@@H]1CC(=O)N(c2ccc(Cl)cc2)C1)c1ccc2c(c1)OCO2. The molecule has 0 aromatic heterocycles. The van der Waals surface area contributed by atoms with Gasteiger partial charge in [-0.05, 0) is 42.5 Å². The van der Waals surface area contributed by atoms with E-state index in [1.54, 1.807) is 47.4 Å². The average Bonchev–Trinajstić information content (AvgIpc) is 3.21. The van der Waals surface area contributed by atoms with Crippen molar-refractivity contribution in [1.82, 2.24) is 5.32 Å². The molecule has 1 atom stereocenters. The van der Waals surface area contributed by atoms with Gasteiger partial charge < -0.3 is 19.7 Å². The molecule has 2 aliphatic heterocycles. The van der Waals surface area contributed by atoms with Crippen molar-refractivity contribution < 1.29 is 19.1 Å². The van der Waals surface area contributed by atoms with Crippen LogP contribution in [0.2, 0.25) is 5.02 Å². The lowest BCUT2D eigenvalue weighted by Crippen LogP contribution is -2.37. The Hall–Kier alpha value is -2.73. The van der Waals surface area contributed by atoms with Gasteiger partial charge in [-0.2, -0.15) is 0 Å². The molecular weight excluding hydrogens is 344 g/mol. The molecule has 1 N–H and O–H groups in total. The number of fused-ring (bicyclic) bond motifs is 1. The second-order valence-electron chi connectivity index (χ2n) is 5.92. The van der Waals surface area contributed by atoms with Crippen molar-refractivity contribution in [2.45, 2.75) is 12.5 Å². The highest BCUT2D eigenvalue weighted by Crippen LogP contribution is 2.32. The Labute approximate surface area is 149 Å². The van der Waals surface area contributed by atoms with E-state index >= 15 is 0 Å². The third kappa shape index (κ3) is 3.13. The normalized spacial score (nSPS) is 18.5. The fraction of sp³-hybridized carbons (Fsp3) is 0.222. The summed E-state index contributed by atoms with van der Waals surface area (Å²) < 4.78 is 10.5. The summed E-state index contributed by atoms with van der Waals surface area (Å²) in [4.78, 5) is 26.3. The highest BCUT2D eigenvalue weighted by Gasteiger charge is 2.32. The maximum Gasteiger partial charge on any atom is 0.251 e. The minimum absolute atomic E-state index is 0.0293. The molecule has 1 fully saturated rings. The standard InChI is InChI=1S/C18H15ClN2O4/c19-12-2-4-14(5-3-12)21-9-13(8-17(21)22)20-18(23)11-1-6-15-16(7-11)25-10-24-15/h1-7,13H,8-10H2,(H,20,23)/t13-/m1/s1. The number of benzene rings is 2. The lowest BCUT2D eigenvalue weighted by Gasteiger charge is -2.17. The molecule has 7 heteroatoms. The third-order valence-corrected chi connectivity index (χ3v) is 4.49. The molecule has 1 saturated heterocycles. The Kier molecular flexibility index (Phi) is 3.97. The zero-order valence-corrected chi connectivity index (χ0v) is 14.0. The average molecular weight is 359 g/mol. The van der Waals surface area contributed by atoms with Crippen LogP contribution in [-0.4, -0.2) is 31.2 Å². The van der Waals surface area contributed by atoms with Crippen molar-refractivity contribution in [3.8, 4) is 11.5 Å². The first-order valence-electron chi connectivity index (χ1n) is 7.86. The van der Waals surface area contributed by atoms with Gasteiger partial charge in [-0.15, -0.1) is 0 Å². The van der Waals surface area contributed by atoms with E-state index in [1.165, 1.54) is 0 Å². The number of ether oxygens (including phenoxy) is 2. The number of nitrogens with one attached hydrogen (secondary N) is 1. The Morgan fingerprint density at radius 2 is 1.88 bits per heavy atom. The lowest BCUT2D eigenvalue weighted by molar-refractivity contribution is -0.117. The van der Waals surface area contributed by atoms with E-state index in [0.29, 0.717) is 28.6 Å². The number of halogens is 1. The summed E-state index contributed by atoms with van der Waals surface area (Å²) in [6.45, 7) is 0.588. The second kappa shape index (κ2) is 6.29. The number of amides is 2. The van der Waals surface area contributed by atoms with Crippen LogP contribution in [0.4, 0.5) is 5.69 Å². The third-order valence-electron chi connectivity index (χ3n) is 4.23. The second-order valence-corrected chi connectivity index (χ2v) is 6.36. The van der Waals surface area contributed by atoms with Crippen molar-refractivity contribution in [2.24, 2.45) is 0 Å². The van der Waals surface area contributed by atoms with Crippen LogP contribution in [-0.2, 0) is 4.79 Å². The monoisotopic (exact) mass is 358 g/mol.